The van der Waals surface area contributed by atoms with E-state index in [1.807, 2.05) is 30.3 Å². The van der Waals surface area contributed by atoms with Gasteiger partial charge in [-0.1, -0.05) is 48.5 Å². The van der Waals surface area contributed by atoms with Gasteiger partial charge >= 0.3 is 0 Å². The number of nitrogens with one attached hydrogen (secondary N) is 1. The van der Waals surface area contributed by atoms with Gasteiger partial charge in [-0.15, -0.1) is 0 Å². The number of benzene rings is 2. The Bertz CT molecular complexity index is 1210. The van der Waals surface area contributed by atoms with Gasteiger partial charge < -0.3 is 14.6 Å². The van der Waals surface area contributed by atoms with Gasteiger partial charge in [0.1, 0.15) is 11.5 Å². The molecular weight excluding hydrogens is 452 g/mol. The van der Waals surface area contributed by atoms with Gasteiger partial charge in [0.25, 0.3) is 5.91 Å². The largest absolute Gasteiger partial charge is 0.455 e. The van der Waals surface area contributed by atoms with Crippen molar-refractivity contribution in [2.45, 2.75) is 42.4 Å². The van der Waals surface area contributed by atoms with Crippen molar-refractivity contribution in [1.82, 2.24) is 10.2 Å². The lowest BCUT2D eigenvalue weighted by Crippen LogP contribution is -2.46. The van der Waals surface area contributed by atoms with Crippen LogP contribution < -0.4 is 5.32 Å². The summed E-state index contributed by atoms with van der Waals surface area (Å²) in [4.78, 5) is 27.0. The van der Waals surface area contributed by atoms with Gasteiger partial charge in [0.05, 0.1) is 4.90 Å². The number of likely N-dealkylation sites (tertiary alicyclic amines) is 1. The molecule has 3 aromatic rings. The first-order valence-electron chi connectivity index (χ1n) is 11.4. The standard InChI is InChI=1S/C26H28N2O5S/c29-25(14-11-20-7-3-1-4-8-20)27-21-15-17-28(18-16-21)26(30)24-13-12-22(33-24)19-34(31,32)23-9-5-2-6-10-23/h1-10,12-13,21H,11,14-19H2,(H,27,29). The third-order valence-electron chi connectivity index (χ3n) is 5.94. The Morgan fingerprint density at radius 2 is 1.56 bits per heavy atom. The molecule has 1 N–H and O–H groups in total. The van der Waals surface area contributed by atoms with Crippen LogP contribution in [-0.4, -0.2) is 44.3 Å². The van der Waals surface area contributed by atoms with Crippen LogP contribution in [0, 0.1) is 0 Å². The molecule has 34 heavy (non-hydrogen) atoms. The van der Waals surface area contributed by atoms with Crippen molar-refractivity contribution in [2.24, 2.45) is 0 Å². The topological polar surface area (TPSA) is 96.7 Å². The summed E-state index contributed by atoms with van der Waals surface area (Å²) in [5.41, 5.74) is 1.13. The molecule has 8 heteroatoms. The molecule has 1 aliphatic rings. The molecule has 0 saturated carbocycles. The number of nitrogens with zero attached hydrogens (tertiary/aromatic N) is 1. The summed E-state index contributed by atoms with van der Waals surface area (Å²) < 4.78 is 30.7. The number of carbonyl (C=O) groups is 2. The number of rotatable bonds is 8. The maximum Gasteiger partial charge on any atom is 0.289 e. The average molecular weight is 481 g/mol. The van der Waals surface area contributed by atoms with Crippen molar-refractivity contribution < 1.29 is 22.4 Å². The Morgan fingerprint density at radius 3 is 2.24 bits per heavy atom. The van der Waals surface area contributed by atoms with Crippen molar-refractivity contribution in [2.75, 3.05) is 13.1 Å². The lowest BCUT2D eigenvalue weighted by atomic mass is 10.0. The first-order chi connectivity index (χ1) is 16.4. The second kappa shape index (κ2) is 10.7. The van der Waals surface area contributed by atoms with E-state index in [2.05, 4.69) is 5.32 Å². The van der Waals surface area contributed by atoms with Crippen LogP contribution in [0.15, 0.2) is 82.1 Å². The molecule has 1 fully saturated rings. The molecule has 1 aliphatic heterocycles. The second-order valence-electron chi connectivity index (χ2n) is 8.46. The summed E-state index contributed by atoms with van der Waals surface area (Å²) >= 11 is 0. The first-order valence-corrected chi connectivity index (χ1v) is 13.0. The predicted molar refractivity (Wildman–Crippen MR) is 128 cm³/mol. The van der Waals surface area contributed by atoms with Gasteiger partial charge in [-0.25, -0.2) is 8.42 Å². The van der Waals surface area contributed by atoms with Crippen LogP contribution in [0.4, 0.5) is 0 Å². The molecule has 0 bridgehead atoms. The predicted octanol–water partition coefficient (Wildman–Crippen LogP) is 3.61. The van der Waals surface area contributed by atoms with Crippen LogP contribution in [0.5, 0.6) is 0 Å². The SMILES string of the molecule is O=C(CCc1ccccc1)NC1CCN(C(=O)c2ccc(CS(=O)(=O)c3ccccc3)o2)CC1. The maximum absolute atomic E-state index is 12.8. The molecule has 0 aliphatic carbocycles. The zero-order chi connectivity index (χ0) is 24.0. The number of hydrogen-bond donors (Lipinski definition) is 1. The highest BCUT2D eigenvalue weighted by molar-refractivity contribution is 7.90. The molecule has 2 amide bonds. The second-order valence-corrected chi connectivity index (χ2v) is 10.4. The van der Waals surface area contributed by atoms with E-state index >= 15 is 0 Å². The van der Waals surface area contributed by atoms with Crippen molar-refractivity contribution in [3.8, 4) is 0 Å². The molecule has 1 saturated heterocycles. The quantitative estimate of drug-likeness (QED) is 0.531. The van der Waals surface area contributed by atoms with Crippen molar-refractivity contribution in [3.63, 3.8) is 0 Å². The van der Waals surface area contributed by atoms with E-state index in [1.165, 1.54) is 24.3 Å². The van der Waals surface area contributed by atoms with Gasteiger partial charge in [-0.2, -0.15) is 0 Å². The molecule has 2 heterocycles. The van der Waals surface area contributed by atoms with E-state index in [0.717, 1.165) is 5.56 Å². The first kappa shape index (κ1) is 23.8. The number of aryl methyl sites for hydroxylation is 1. The molecule has 2 aromatic carbocycles. The molecule has 0 unspecified atom stereocenters. The van der Waals surface area contributed by atoms with E-state index < -0.39 is 9.84 Å². The minimum atomic E-state index is -3.55. The van der Waals surface area contributed by atoms with E-state index in [4.69, 9.17) is 4.42 Å². The van der Waals surface area contributed by atoms with Crippen molar-refractivity contribution in [3.05, 3.63) is 89.9 Å². The van der Waals surface area contributed by atoms with Crippen LogP contribution in [-0.2, 0) is 26.8 Å². The molecular formula is C26H28N2O5S. The zero-order valence-electron chi connectivity index (χ0n) is 18.9. The summed E-state index contributed by atoms with van der Waals surface area (Å²) in [6, 6.07) is 21.1. The summed E-state index contributed by atoms with van der Waals surface area (Å²) in [7, 11) is -3.55. The number of hydrogen-bond acceptors (Lipinski definition) is 5. The van der Waals surface area contributed by atoms with Gasteiger partial charge in [0.2, 0.25) is 5.91 Å². The lowest BCUT2D eigenvalue weighted by molar-refractivity contribution is -0.122. The molecule has 0 atom stereocenters. The number of furan rings is 1. The Labute approximate surface area is 199 Å². The third kappa shape index (κ3) is 6.14. The average Bonchev–Trinajstić information content (AvgIpc) is 3.32. The van der Waals surface area contributed by atoms with E-state index in [-0.39, 0.29) is 40.0 Å². The summed E-state index contributed by atoms with van der Waals surface area (Å²) in [6.45, 7) is 1.00. The van der Waals surface area contributed by atoms with E-state index in [9.17, 15) is 18.0 Å². The fourth-order valence-corrected chi connectivity index (χ4v) is 5.32. The van der Waals surface area contributed by atoms with E-state index in [1.54, 1.807) is 23.1 Å². The summed E-state index contributed by atoms with van der Waals surface area (Å²) in [5, 5.41) is 3.07. The van der Waals surface area contributed by atoms with Crippen LogP contribution in [0.1, 0.15) is 41.1 Å². The smallest absolute Gasteiger partial charge is 0.289 e. The van der Waals surface area contributed by atoms with Gasteiger partial charge in [-0.3, -0.25) is 9.59 Å². The van der Waals surface area contributed by atoms with Crippen molar-refractivity contribution >= 4 is 21.7 Å². The zero-order valence-corrected chi connectivity index (χ0v) is 19.7. The molecule has 178 valence electrons. The minimum absolute atomic E-state index is 0.0175. The summed E-state index contributed by atoms with van der Waals surface area (Å²) in [6.07, 6.45) is 2.46. The molecule has 0 spiro atoms. The van der Waals surface area contributed by atoms with Crippen LogP contribution in [0.2, 0.25) is 0 Å². The molecule has 4 rings (SSSR count). The van der Waals surface area contributed by atoms with Crippen LogP contribution >= 0.6 is 0 Å². The molecule has 1 aromatic heterocycles. The fraction of sp³-hybridized carbons (Fsp3) is 0.308. The number of carbonyl (C=O) groups excluding carboxylic acids is 2. The van der Waals surface area contributed by atoms with Crippen LogP contribution in [0.3, 0.4) is 0 Å². The Kier molecular flexibility index (Phi) is 7.47. The molecule has 0 radical (unpaired) electrons. The van der Waals surface area contributed by atoms with Gasteiger partial charge in [-0.05, 0) is 49.1 Å². The number of sulfone groups is 1. The van der Waals surface area contributed by atoms with E-state index in [0.29, 0.717) is 38.8 Å². The number of piperidine rings is 1. The third-order valence-corrected chi connectivity index (χ3v) is 7.59. The fourth-order valence-electron chi connectivity index (χ4n) is 4.05. The highest BCUT2D eigenvalue weighted by atomic mass is 32.2. The van der Waals surface area contributed by atoms with Crippen LogP contribution in [0.25, 0.3) is 0 Å². The highest BCUT2D eigenvalue weighted by Crippen LogP contribution is 2.20. The van der Waals surface area contributed by atoms with Gasteiger partial charge in [0.15, 0.2) is 15.6 Å². The normalized spacial score (nSPS) is 14.6. The minimum Gasteiger partial charge on any atom is -0.455 e. The number of amides is 2. The maximum atomic E-state index is 12.8. The summed E-state index contributed by atoms with van der Waals surface area (Å²) in [5.74, 6) is -0.195. The Balaban J connectivity index is 1.25. The lowest BCUT2D eigenvalue weighted by Gasteiger charge is -2.32. The van der Waals surface area contributed by atoms with Crippen molar-refractivity contribution in [1.29, 1.82) is 0 Å². The molecule has 7 nitrogen and oxygen atoms in total. The Morgan fingerprint density at radius 1 is 0.912 bits per heavy atom. The van der Waals surface area contributed by atoms with Gasteiger partial charge in [0, 0.05) is 25.6 Å². The highest BCUT2D eigenvalue weighted by Gasteiger charge is 2.27. The monoisotopic (exact) mass is 480 g/mol. The Hall–Kier alpha value is -3.39.